The van der Waals surface area contributed by atoms with E-state index in [0.29, 0.717) is 37.7 Å². The lowest BCUT2D eigenvalue weighted by Gasteiger charge is -2.59. The van der Waals surface area contributed by atoms with E-state index in [-0.39, 0.29) is 5.41 Å². The molecule has 0 radical (unpaired) electrons. The fourth-order valence-corrected chi connectivity index (χ4v) is 5.63. The second-order valence-electron chi connectivity index (χ2n) is 9.71. The van der Waals surface area contributed by atoms with Crippen LogP contribution in [0.5, 0.6) is 0 Å². The van der Waals surface area contributed by atoms with Gasteiger partial charge >= 0.3 is 0 Å². The summed E-state index contributed by atoms with van der Waals surface area (Å²) >= 11 is 0. The van der Waals surface area contributed by atoms with Crippen LogP contribution in [0.2, 0.25) is 0 Å². The van der Waals surface area contributed by atoms with Crippen LogP contribution in [-0.2, 0) is 4.74 Å². The molecule has 1 atom stereocenters. The summed E-state index contributed by atoms with van der Waals surface area (Å²) in [5, 5.41) is 0. The van der Waals surface area contributed by atoms with Crippen LogP contribution >= 0.6 is 0 Å². The zero-order chi connectivity index (χ0) is 16.6. The van der Waals surface area contributed by atoms with Crippen LogP contribution in [-0.4, -0.2) is 24.3 Å². The molecule has 132 valence electrons. The summed E-state index contributed by atoms with van der Waals surface area (Å²) in [5.74, 6) is -3.25. The van der Waals surface area contributed by atoms with E-state index >= 15 is 0 Å². The Balaban J connectivity index is 1.49. The van der Waals surface area contributed by atoms with E-state index in [1.54, 1.807) is 6.92 Å². The van der Waals surface area contributed by atoms with Crippen molar-refractivity contribution in [2.75, 3.05) is 6.61 Å². The molecule has 6 aliphatic carbocycles. The maximum Gasteiger partial charge on any atom is 0.286 e. The van der Waals surface area contributed by atoms with Crippen molar-refractivity contribution in [3.63, 3.8) is 0 Å². The van der Waals surface area contributed by atoms with Crippen molar-refractivity contribution in [1.29, 1.82) is 0 Å². The highest BCUT2D eigenvalue weighted by molar-refractivity contribution is 5.14. The van der Waals surface area contributed by atoms with Crippen LogP contribution in [0.15, 0.2) is 0 Å². The zero-order valence-electron chi connectivity index (χ0n) is 14.4. The van der Waals surface area contributed by atoms with Gasteiger partial charge in [0.15, 0.2) is 6.17 Å². The minimum atomic E-state index is -3.25. The fraction of sp³-hybridized carbons (Fsp3) is 1.00. The number of fused-ring (bicyclic) bond motifs is 6. The minimum Gasteiger partial charge on any atom is -0.371 e. The third kappa shape index (κ3) is 2.15. The van der Waals surface area contributed by atoms with E-state index < -0.39 is 23.1 Å². The molecular formula is C19H29F3O. The van der Waals surface area contributed by atoms with Crippen LogP contribution in [0.1, 0.15) is 78.1 Å². The Labute approximate surface area is 137 Å². The molecule has 0 N–H and O–H groups in total. The molecule has 1 nitrogen and oxygen atoms in total. The van der Waals surface area contributed by atoms with Crippen LogP contribution in [0.3, 0.4) is 0 Å². The van der Waals surface area contributed by atoms with Gasteiger partial charge in [-0.3, -0.25) is 0 Å². The quantitative estimate of drug-likeness (QED) is 0.648. The highest BCUT2D eigenvalue weighted by Gasteiger charge is 2.70. The molecule has 0 spiro atoms. The van der Waals surface area contributed by atoms with Crippen LogP contribution < -0.4 is 0 Å². The molecule has 1 unspecified atom stereocenters. The third-order valence-electron chi connectivity index (χ3n) is 8.23. The van der Waals surface area contributed by atoms with Gasteiger partial charge in [0.25, 0.3) is 5.92 Å². The van der Waals surface area contributed by atoms with Crippen LogP contribution in [0, 0.1) is 16.2 Å². The van der Waals surface area contributed by atoms with E-state index in [9.17, 15) is 13.2 Å². The van der Waals surface area contributed by atoms with Gasteiger partial charge in [0.2, 0.25) is 0 Å². The van der Waals surface area contributed by atoms with Crippen molar-refractivity contribution in [1.82, 2.24) is 0 Å². The van der Waals surface area contributed by atoms with Crippen LogP contribution in [0.4, 0.5) is 13.2 Å². The first-order chi connectivity index (χ1) is 10.6. The summed E-state index contributed by atoms with van der Waals surface area (Å²) in [5.41, 5.74) is -1.80. The predicted octanol–water partition coefficient (Wildman–Crippen LogP) is 5.67. The summed E-state index contributed by atoms with van der Waals surface area (Å²) in [6.07, 6.45) is 6.49. The van der Waals surface area contributed by atoms with Gasteiger partial charge in [-0.25, -0.2) is 13.2 Å². The Morgan fingerprint density at radius 3 is 1.87 bits per heavy atom. The standard InChI is InChI=1S/C19H29F3O/c1-15-3-8-17(9-4-15,10-5-15)13-23-18-11-6-16(2,7-12-18)19(21,22)14(18)20/h14H,3-13H2,1-2H3. The SMILES string of the molecule is CC12CCC(COC34CCC(C)(CC3)C(F)(F)C4F)(CC1)CC2. The van der Waals surface area contributed by atoms with Crippen molar-refractivity contribution >= 4 is 0 Å². The first kappa shape index (κ1) is 16.2. The molecule has 0 heterocycles. The maximum atomic E-state index is 14.7. The van der Waals surface area contributed by atoms with Gasteiger partial charge in [-0.05, 0) is 75.0 Å². The van der Waals surface area contributed by atoms with Gasteiger partial charge in [-0.2, -0.15) is 0 Å². The van der Waals surface area contributed by atoms with Gasteiger partial charge in [0, 0.05) is 5.41 Å². The number of halogens is 3. The normalized spacial score (nSPS) is 54.4. The molecule has 6 rings (SSSR count). The van der Waals surface area contributed by atoms with Gasteiger partial charge in [0.1, 0.15) is 5.60 Å². The highest BCUT2D eigenvalue weighted by atomic mass is 19.3. The molecule has 0 aromatic carbocycles. The molecular weight excluding hydrogens is 301 g/mol. The lowest BCUT2D eigenvalue weighted by molar-refractivity contribution is -0.302. The summed E-state index contributed by atoms with van der Waals surface area (Å²) in [6.45, 7) is 4.39. The Hall–Kier alpha value is -0.250. The van der Waals surface area contributed by atoms with Crippen molar-refractivity contribution in [2.24, 2.45) is 16.2 Å². The van der Waals surface area contributed by atoms with Crippen molar-refractivity contribution < 1.29 is 17.9 Å². The molecule has 4 bridgehead atoms. The molecule has 0 aromatic rings. The van der Waals surface area contributed by atoms with Gasteiger partial charge in [-0.1, -0.05) is 13.8 Å². The second-order valence-corrected chi connectivity index (χ2v) is 9.71. The first-order valence-electron chi connectivity index (χ1n) is 9.31. The Kier molecular flexibility index (Phi) is 3.30. The van der Waals surface area contributed by atoms with Crippen LogP contribution in [0.25, 0.3) is 0 Å². The van der Waals surface area contributed by atoms with Crippen molar-refractivity contribution in [3.05, 3.63) is 0 Å². The monoisotopic (exact) mass is 330 g/mol. The Morgan fingerprint density at radius 2 is 1.35 bits per heavy atom. The Bertz CT molecular complexity index is 468. The van der Waals surface area contributed by atoms with E-state index in [1.807, 2.05) is 0 Å². The number of rotatable bonds is 3. The molecule has 23 heavy (non-hydrogen) atoms. The van der Waals surface area contributed by atoms with Crippen molar-refractivity contribution in [2.45, 2.75) is 95.8 Å². The predicted molar refractivity (Wildman–Crippen MR) is 83.3 cm³/mol. The lowest BCUT2D eigenvalue weighted by Crippen LogP contribution is -2.67. The zero-order valence-corrected chi connectivity index (χ0v) is 14.4. The number of alkyl halides is 3. The maximum absolute atomic E-state index is 14.7. The molecule has 6 fully saturated rings. The summed E-state index contributed by atoms with van der Waals surface area (Å²) in [7, 11) is 0. The summed E-state index contributed by atoms with van der Waals surface area (Å²) in [4.78, 5) is 0. The molecule has 6 aliphatic rings. The average molecular weight is 330 g/mol. The number of ether oxygens (including phenoxy) is 1. The van der Waals surface area contributed by atoms with E-state index in [1.165, 1.54) is 19.3 Å². The van der Waals surface area contributed by atoms with Crippen molar-refractivity contribution in [3.8, 4) is 0 Å². The molecule has 4 heteroatoms. The van der Waals surface area contributed by atoms with E-state index in [0.717, 1.165) is 19.3 Å². The van der Waals surface area contributed by atoms with Gasteiger partial charge in [0.05, 0.1) is 6.61 Å². The van der Waals surface area contributed by atoms with Gasteiger partial charge in [-0.15, -0.1) is 0 Å². The summed E-state index contributed by atoms with van der Waals surface area (Å²) < 4.78 is 49.8. The molecule has 0 saturated heterocycles. The average Bonchev–Trinajstić information content (AvgIpc) is 2.54. The largest absolute Gasteiger partial charge is 0.371 e. The van der Waals surface area contributed by atoms with Gasteiger partial charge < -0.3 is 4.74 Å². The smallest absolute Gasteiger partial charge is 0.286 e. The summed E-state index contributed by atoms with van der Waals surface area (Å²) in [6, 6.07) is 0. The highest BCUT2D eigenvalue weighted by Crippen LogP contribution is 2.63. The Morgan fingerprint density at radius 1 is 0.826 bits per heavy atom. The molecule has 6 saturated carbocycles. The number of hydrogen-bond donors (Lipinski definition) is 0. The minimum absolute atomic E-state index is 0.125. The molecule has 0 aromatic heterocycles. The second kappa shape index (κ2) is 4.68. The first-order valence-corrected chi connectivity index (χ1v) is 9.31. The molecule has 0 amide bonds. The fourth-order valence-electron chi connectivity index (χ4n) is 5.63. The van der Waals surface area contributed by atoms with E-state index in [4.69, 9.17) is 4.74 Å². The molecule has 0 aliphatic heterocycles. The topological polar surface area (TPSA) is 9.23 Å². The third-order valence-corrected chi connectivity index (χ3v) is 8.23. The van der Waals surface area contributed by atoms with E-state index in [2.05, 4.69) is 6.92 Å². The number of hydrogen-bond acceptors (Lipinski definition) is 1. The lowest BCUT2D eigenvalue weighted by atomic mass is 9.54.